The Labute approximate surface area is 145 Å². The third-order valence-corrected chi connectivity index (χ3v) is 6.96. The molecule has 0 radical (unpaired) electrons. The fraction of sp³-hybridized carbons (Fsp3) is 0.650. The van der Waals surface area contributed by atoms with E-state index in [-0.39, 0.29) is 0 Å². The Balaban J connectivity index is 1.43. The number of thiocarbonyl (C=S) groups is 1. The zero-order chi connectivity index (χ0) is 16.0. The molecule has 0 spiro atoms. The molecule has 5 rings (SSSR count). The number of nitrogens with one attached hydrogen (secondary N) is 2. The lowest BCUT2D eigenvalue weighted by Gasteiger charge is -2.59. The highest BCUT2D eigenvalue weighted by Gasteiger charge is 2.53. The zero-order valence-corrected chi connectivity index (χ0v) is 15.1. The van der Waals surface area contributed by atoms with E-state index in [4.69, 9.17) is 12.2 Å². The van der Waals surface area contributed by atoms with Crippen LogP contribution < -0.4 is 10.6 Å². The average molecular weight is 329 g/mol. The molecule has 0 unspecified atom stereocenters. The van der Waals surface area contributed by atoms with Gasteiger partial charge in [0.2, 0.25) is 0 Å². The van der Waals surface area contributed by atoms with Gasteiger partial charge < -0.3 is 10.6 Å². The second-order valence-corrected chi connectivity index (χ2v) is 8.82. The molecule has 2 nitrogen and oxygen atoms in total. The third kappa shape index (κ3) is 2.88. The van der Waals surface area contributed by atoms with Gasteiger partial charge >= 0.3 is 0 Å². The molecule has 0 saturated heterocycles. The normalized spacial score (nSPS) is 35.8. The Bertz CT molecular complexity index is 574. The number of para-hydroxylation sites is 1. The topological polar surface area (TPSA) is 24.1 Å². The second-order valence-electron chi connectivity index (χ2n) is 8.41. The number of rotatable bonds is 3. The third-order valence-electron chi connectivity index (χ3n) is 6.75. The minimum atomic E-state index is 0.472. The SMILES string of the molecule is Cc1ccccc1NC(=S)N[C@H](C)C12CC3CC(CC(C3)C1)C2. The Kier molecular flexibility index (Phi) is 3.87. The van der Waals surface area contributed by atoms with Crippen LogP contribution in [0.15, 0.2) is 24.3 Å². The van der Waals surface area contributed by atoms with Gasteiger partial charge in [0.25, 0.3) is 0 Å². The van der Waals surface area contributed by atoms with Gasteiger partial charge in [0.05, 0.1) is 0 Å². The van der Waals surface area contributed by atoms with Crippen LogP contribution in [0.1, 0.15) is 51.0 Å². The van der Waals surface area contributed by atoms with E-state index in [0.29, 0.717) is 11.5 Å². The van der Waals surface area contributed by atoms with Crippen LogP contribution in [0.2, 0.25) is 0 Å². The molecule has 0 aromatic heterocycles. The van der Waals surface area contributed by atoms with Crippen molar-refractivity contribution in [1.29, 1.82) is 0 Å². The van der Waals surface area contributed by atoms with Crippen LogP contribution in [-0.2, 0) is 0 Å². The molecule has 4 aliphatic carbocycles. The molecular formula is C20H28N2S. The van der Waals surface area contributed by atoms with Gasteiger partial charge in [-0.1, -0.05) is 18.2 Å². The number of benzene rings is 1. The first-order valence-corrected chi connectivity index (χ1v) is 9.58. The smallest absolute Gasteiger partial charge is 0.171 e. The molecule has 2 N–H and O–H groups in total. The molecule has 0 amide bonds. The van der Waals surface area contributed by atoms with E-state index < -0.39 is 0 Å². The van der Waals surface area contributed by atoms with Gasteiger partial charge in [0.1, 0.15) is 0 Å². The minimum Gasteiger partial charge on any atom is -0.359 e. The molecule has 3 heteroatoms. The van der Waals surface area contributed by atoms with Crippen LogP contribution in [-0.4, -0.2) is 11.2 Å². The van der Waals surface area contributed by atoms with Crippen molar-refractivity contribution in [3.63, 3.8) is 0 Å². The predicted molar refractivity (Wildman–Crippen MR) is 101 cm³/mol. The van der Waals surface area contributed by atoms with E-state index in [1.165, 1.54) is 44.1 Å². The van der Waals surface area contributed by atoms with E-state index >= 15 is 0 Å². The summed E-state index contributed by atoms with van der Waals surface area (Å²) in [5.41, 5.74) is 2.84. The fourth-order valence-corrected chi connectivity index (χ4v) is 6.22. The van der Waals surface area contributed by atoms with Crippen LogP contribution in [0.4, 0.5) is 5.69 Å². The number of aryl methyl sites for hydroxylation is 1. The number of hydrogen-bond donors (Lipinski definition) is 2. The minimum absolute atomic E-state index is 0.472. The summed E-state index contributed by atoms with van der Waals surface area (Å²) in [5.74, 6) is 2.97. The van der Waals surface area contributed by atoms with Gasteiger partial charge in [-0.25, -0.2) is 0 Å². The van der Waals surface area contributed by atoms with Crippen molar-refractivity contribution < 1.29 is 0 Å². The molecule has 1 atom stereocenters. The van der Waals surface area contributed by atoms with Crippen molar-refractivity contribution in [2.45, 2.75) is 58.4 Å². The van der Waals surface area contributed by atoms with Gasteiger partial charge in [-0.05, 0) is 99.4 Å². The maximum Gasteiger partial charge on any atom is 0.171 e. The Morgan fingerprint density at radius 1 is 1.09 bits per heavy atom. The summed E-state index contributed by atoms with van der Waals surface area (Å²) in [4.78, 5) is 0. The Hall–Kier alpha value is -1.09. The molecule has 1 aromatic carbocycles. The highest BCUT2D eigenvalue weighted by Crippen LogP contribution is 2.61. The molecule has 0 heterocycles. The maximum atomic E-state index is 5.60. The first kappa shape index (κ1) is 15.4. The first-order valence-electron chi connectivity index (χ1n) is 9.17. The molecular weight excluding hydrogens is 300 g/mol. The van der Waals surface area contributed by atoms with Crippen LogP contribution in [0.25, 0.3) is 0 Å². The van der Waals surface area contributed by atoms with Crippen LogP contribution in [0, 0.1) is 30.1 Å². The van der Waals surface area contributed by atoms with E-state index in [1.807, 2.05) is 0 Å². The summed E-state index contributed by atoms with van der Waals surface area (Å²) in [6.45, 7) is 4.48. The molecule has 4 saturated carbocycles. The van der Waals surface area contributed by atoms with E-state index in [1.54, 1.807) is 0 Å². The van der Waals surface area contributed by atoms with Gasteiger partial charge in [-0.3, -0.25) is 0 Å². The lowest BCUT2D eigenvalue weighted by molar-refractivity contribution is -0.0671. The molecule has 4 fully saturated rings. The summed E-state index contributed by atoms with van der Waals surface area (Å²) in [5, 5.41) is 7.81. The van der Waals surface area contributed by atoms with E-state index in [9.17, 15) is 0 Å². The van der Waals surface area contributed by atoms with Crippen LogP contribution in [0.3, 0.4) is 0 Å². The van der Waals surface area contributed by atoms with Crippen LogP contribution in [0.5, 0.6) is 0 Å². The van der Waals surface area contributed by atoms with Crippen molar-refractivity contribution >= 4 is 23.0 Å². The second kappa shape index (κ2) is 5.77. The zero-order valence-electron chi connectivity index (χ0n) is 14.3. The quantitative estimate of drug-likeness (QED) is 0.773. The van der Waals surface area contributed by atoms with Crippen molar-refractivity contribution in [1.82, 2.24) is 5.32 Å². The largest absolute Gasteiger partial charge is 0.359 e. The molecule has 23 heavy (non-hydrogen) atoms. The summed E-state index contributed by atoms with van der Waals surface area (Å²) < 4.78 is 0. The van der Waals surface area contributed by atoms with Crippen molar-refractivity contribution in [3.05, 3.63) is 29.8 Å². The van der Waals surface area contributed by atoms with E-state index in [2.05, 4.69) is 48.7 Å². The summed E-state index contributed by atoms with van der Waals surface area (Å²) in [6, 6.07) is 8.81. The van der Waals surface area contributed by atoms with Crippen molar-refractivity contribution in [2.24, 2.45) is 23.2 Å². The summed E-state index contributed by atoms with van der Waals surface area (Å²) >= 11 is 5.60. The van der Waals surface area contributed by atoms with Gasteiger partial charge in [0, 0.05) is 11.7 Å². The highest BCUT2D eigenvalue weighted by atomic mass is 32.1. The average Bonchev–Trinajstić information content (AvgIpc) is 2.48. The van der Waals surface area contributed by atoms with E-state index in [0.717, 1.165) is 28.6 Å². The molecule has 4 bridgehead atoms. The Morgan fingerprint density at radius 2 is 1.65 bits per heavy atom. The molecule has 4 aliphatic rings. The maximum absolute atomic E-state index is 5.60. The van der Waals surface area contributed by atoms with Crippen LogP contribution >= 0.6 is 12.2 Å². The Morgan fingerprint density at radius 3 is 2.22 bits per heavy atom. The highest BCUT2D eigenvalue weighted by molar-refractivity contribution is 7.80. The number of anilines is 1. The monoisotopic (exact) mass is 328 g/mol. The molecule has 124 valence electrons. The number of hydrogen-bond acceptors (Lipinski definition) is 1. The van der Waals surface area contributed by atoms with Gasteiger partial charge in [-0.2, -0.15) is 0 Å². The molecule has 1 aromatic rings. The summed E-state index contributed by atoms with van der Waals surface area (Å²) in [6.07, 6.45) is 8.74. The first-order chi connectivity index (χ1) is 11.0. The van der Waals surface area contributed by atoms with Gasteiger partial charge in [0.15, 0.2) is 5.11 Å². The predicted octanol–water partition coefficient (Wildman–Crippen LogP) is 4.89. The lowest BCUT2D eigenvalue weighted by Crippen LogP contribution is -2.56. The standard InChI is InChI=1S/C20H28N2S/c1-13-5-3-4-6-18(13)22-19(23)21-14(2)20-10-15-7-16(11-20)9-17(8-15)12-20/h3-6,14-17H,7-12H2,1-2H3,(H2,21,22,23)/t14-,15?,16?,17?,20?/m1/s1. The van der Waals surface area contributed by atoms with Crippen molar-refractivity contribution in [2.75, 3.05) is 5.32 Å². The lowest BCUT2D eigenvalue weighted by atomic mass is 9.48. The fourth-order valence-electron chi connectivity index (χ4n) is 5.93. The summed E-state index contributed by atoms with van der Waals surface area (Å²) in [7, 11) is 0. The molecule has 0 aliphatic heterocycles. The van der Waals surface area contributed by atoms with Gasteiger partial charge in [-0.15, -0.1) is 0 Å². The van der Waals surface area contributed by atoms with Crippen molar-refractivity contribution in [3.8, 4) is 0 Å².